The van der Waals surface area contributed by atoms with Crippen molar-refractivity contribution in [3.05, 3.63) is 81.9 Å². The second-order valence-corrected chi connectivity index (χ2v) is 5.19. The van der Waals surface area contributed by atoms with Crippen molar-refractivity contribution in [2.75, 3.05) is 6.54 Å². The van der Waals surface area contributed by atoms with E-state index in [2.05, 4.69) is 20.4 Å². The molecule has 7 heteroatoms. The summed E-state index contributed by atoms with van der Waals surface area (Å²) in [6, 6.07) is 12.9. The summed E-state index contributed by atoms with van der Waals surface area (Å²) in [4.78, 5) is 30.2. The van der Waals surface area contributed by atoms with Gasteiger partial charge in [0.2, 0.25) is 5.89 Å². The van der Waals surface area contributed by atoms with Crippen LogP contribution in [-0.4, -0.2) is 27.6 Å². The average molecular weight is 324 g/mol. The van der Waals surface area contributed by atoms with Gasteiger partial charge in [-0.1, -0.05) is 35.5 Å². The Morgan fingerprint density at radius 3 is 2.79 bits per heavy atom. The number of H-pyrrole nitrogens is 1. The second kappa shape index (κ2) is 7.36. The van der Waals surface area contributed by atoms with Crippen molar-refractivity contribution in [3.8, 4) is 0 Å². The van der Waals surface area contributed by atoms with Crippen LogP contribution in [0.25, 0.3) is 0 Å². The number of nitrogens with zero attached hydrogens (tertiary/aromatic N) is 2. The van der Waals surface area contributed by atoms with Crippen LogP contribution in [0.3, 0.4) is 0 Å². The molecule has 2 N–H and O–H groups in total. The zero-order valence-corrected chi connectivity index (χ0v) is 12.9. The Hall–Kier alpha value is -3.22. The van der Waals surface area contributed by atoms with E-state index in [4.69, 9.17) is 4.52 Å². The molecule has 0 atom stereocenters. The van der Waals surface area contributed by atoms with Gasteiger partial charge in [0.15, 0.2) is 5.82 Å². The first-order valence-corrected chi connectivity index (χ1v) is 7.53. The molecule has 0 saturated heterocycles. The summed E-state index contributed by atoms with van der Waals surface area (Å²) in [7, 11) is 0. The van der Waals surface area contributed by atoms with Crippen LogP contribution in [-0.2, 0) is 12.8 Å². The number of pyridine rings is 1. The van der Waals surface area contributed by atoms with Crippen molar-refractivity contribution < 1.29 is 9.32 Å². The minimum absolute atomic E-state index is 0.0767. The lowest BCUT2D eigenvalue weighted by Crippen LogP contribution is -2.30. The number of carbonyl (C=O) groups is 1. The molecular formula is C17H16N4O3. The first kappa shape index (κ1) is 15.7. The number of nitrogens with one attached hydrogen (secondary N) is 2. The van der Waals surface area contributed by atoms with Gasteiger partial charge in [0.1, 0.15) is 5.56 Å². The third kappa shape index (κ3) is 3.95. The third-order valence-electron chi connectivity index (χ3n) is 3.40. The molecule has 0 bridgehead atoms. The van der Waals surface area contributed by atoms with Crippen molar-refractivity contribution in [1.29, 1.82) is 0 Å². The zero-order valence-electron chi connectivity index (χ0n) is 12.9. The molecule has 1 amide bonds. The minimum Gasteiger partial charge on any atom is -0.351 e. The van der Waals surface area contributed by atoms with E-state index in [1.807, 2.05) is 30.3 Å². The smallest absolute Gasteiger partial charge is 0.260 e. The van der Waals surface area contributed by atoms with Crippen LogP contribution in [0.2, 0.25) is 0 Å². The number of hydrogen-bond donors (Lipinski definition) is 2. The fraction of sp³-hybridized carbons (Fsp3) is 0.176. The lowest BCUT2D eigenvalue weighted by molar-refractivity contribution is 0.0952. The highest BCUT2D eigenvalue weighted by Crippen LogP contribution is 2.06. The molecule has 0 saturated carbocycles. The lowest BCUT2D eigenvalue weighted by Gasteiger charge is -2.01. The quantitative estimate of drug-likeness (QED) is 0.712. The topological polar surface area (TPSA) is 101 Å². The van der Waals surface area contributed by atoms with Crippen LogP contribution in [0, 0.1) is 0 Å². The number of aromatic nitrogens is 3. The third-order valence-corrected chi connectivity index (χ3v) is 3.40. The summed E-state index contributed by atoms with van der Waals surface area (Å²) >= 11 is 0. The van der Waals surface area contributed by atoms with Gasteiger partial charge in [0.05, 0.1) is 0 Å². The normalized spacial score (nSPS) is 10.5. The molecule has 0 aliphatic heterocycles. The Bertz CT molecular complexity index is 871. The van der Waals surface area contributed by atoms with Crippen molar-refractivity contribution >= 4 is 5.91 Å². The van der Waals surface area contributed by atoms with Crippen LogP contribution in [0.15, 0.2) is 58.0 Å². The summed E-state index contributed by atoms with van der Waals surface area (Å²) in [6.45, 7) is 0.306. The number of aromatic amines is 1. The lowest BCUT2D eigenvalue weighted by atomic mass is 10.1. The predicted molar refractivity (Wildman–Crippen MR) is 86.6 cm³/mol. The fourth-order valence-corrected chi connectivity index (χ4v) is 2.22. The zero-order chi connectivity index (χ0) is 16.8. The number of hydrogen-bond acceptors (Lipinski definition) is 5. The second-order valence-electron chi connectivity index (χ2n) is 5.19. The van der Waals surface area contributed by atoms with Gasteiger partial charge < -0.3 is 14.8 Å². The van der Waals surface area contributed by atoms with E-state index in [1.54, 1.807) is 6.07 Å². The Labute approximate surface area is 137 Å². The first-order valence-electron chi connectivity index (χ1n) is 7.53. The van der Waals surface area contributed by atoms with Crippen LogP contribution in [0.4, 0.5) is 0 Å². The van der Waals surface area contributed by atoms with E-state index in [1.165, 1.54) is 12.3 Å². The summed E-state index contributed by atoms with van der Waals surface area (Å²) in [5, 5.41) is 6.59. The molecule has 0 spiro atoms. The summed E-state index contributed by atoms with van der Waals surface area (Å²) in [6.07, 6.45) is 2.47. The number of rotatable bonds is 6. The molecule has 3 rings (SSSR count). The van der Waals surface area contributed by atoms with E-state index < -0.39 is 11.5 Å². The van der Waals surface area contributed by atoms with Crippen LogP contribution < -0.4 is 10.9 Å². The Morgan fingerprint density at radius 1 is 1.17 bits per heavy atom. The highest BCUT2D eigenvalue weighted by atomic mass is 16.5. The Morgan fingerprint density at radius 2 is 2.00 bits per heavy atom. The summed E-state index contributed by atoms with van der Waals surface area (Å²) in [5.74, 6) is 0.617. The van der Waals surface area contributed by atoms with Gasteiger partial charge in [-0.3, -0.25) is 9.59 Å². The highest BCUT2D eigenvalue weighted by molar-refractivity contribution is 5.93. The van der Waals surface area contributed by atoms with E-state index in [-0.39, 0.29) is 5.56 Å². The Kier molecular flexibility index (Phi) is 4.81. The molecule has 3 aromatic rings. The molecule has 0 unspecified atom stereocenters. The van der Waals surface area contributed by atoms with Gasteiger partial charge in [0.25, 0.3) is 11.5 Å². The predicted octanol–water partition coefficient (Wildman–Crippen LogP) is 1.32. The van der Waals surface area contributed by atoms with Crippen molar-refractivity contribution in [2.45, 2.75) is 12.8 Å². The van der Waals surface area contributed by atoms with Crippen LogP contribution in [0.5, 0.6) is 0 Å². The molecule has 2 heterocycles. The molecular weight excluding hydrogens is 308 g/mol. The molecule has 7 nitrogen and oxygen atoms in total. The maximum Gasteiger partial charge on any atom is 0.260 e. The van der Waals surface area contributed by atoms with Crippen molar-refractivity contribution in [2.24, 2.45) is 0 Å². The molecule has 0 fully saturated rings. The number of benzene rings is 1. The first-order chi connectivity index (χ1) is 11.7. The van der Waals surface area contributed by atoms with E-state index in [0.717, 1.165) is 5.56 Å². The van der Waals surface area contributed by atoms with Gasteiger partial charge in [-0.25, -0.2) is 0 Å². The summed E-state index contributed by atoms with van der Waals surface area (Å²) in [5.41, 5.74) is 0.757. The maximum atomic E-state index is 11.9. The van der Waals surface area contributed by atoms with Gasteiger partial charge >= 0.3 is 0 Å². The van der Waals surface area contributed by atoms with Crippen molar-refractivity contribution in [1.82, 2.24) is 20.4 Å². The van der Waals surface area contributed by atoms with E-state index in [9.17, 15) is 9.59 Å². The number of amides is 1. The van der Waals surface area contributed by atoms with Crippen molar-refractivity contribution in [3.63, 3.8) is 0 Å². The number of carbonyl (C=O) groups excluding carboxylic acids is 1. The van der Waals surface area contributed by atoms with Gasteiger partial charge in [-0.15, -0.1) is 0 Å². The van der Waals surface area contributed by atoms with Gasteiger partial charge in [-0.2, -0.15) is 4.98 Å². The highest BCUT2D eigenvalue weighted by Gasteiger charge is 2.11. The SMILES string of the molecule is O=C(NCCc1nc(Cc2ccccc2)no1)c1ccc[nH]c1=O. The van der Waals surface area contributed by atoms with E-state index in [0.29, 0.717) is 31.1 Å². The average Bonchev–Trinajstić information content (AvgIpc) is 3.03. The minimum atomic E-state index is -0.430. The van der Waals surface area contributed by atoms with Crippen LogP contribution >= 0.6 is 0 Å². The molecule has 1 aromatic carbocycles. The largest absolute Gasteiger partial charge is 0.351 e. The standard InChI is InChI=1S/C17H16N4O3/c22-16-13(7-4-9-18-16)17(23)19-10-8-15-20-14(21-24-15)11-12-5-2-1-3-6-12/h1-7,9H,8,10-11H2,(H,18,22)(H,19,23). The van der Waals surface area contributed by atoms with E-state index >= 15 is 0 Å². The molecule has 24 heavy (non-hydrogen) atoms. The molecule has 0 aliphatic carbocycles. The molecule has 0 aliphatic rings. The van der Waals surface area contributed by atoms with Gasteiger partial charge in [0, 0.05) is 25.6 Å². The maximum absolute atomic E-state index is 11.9. The molecule has 122 valence electrons. The van der Waals surface area contributed by atoms with Crippen LogP contribution in [0.1, 0.15) is 27.6 Å². The summed E-state index contributed by atoms with van der Waals surface area (Å²) < 4.78 is 5.17. The molecule has 2 aromatic heterocycles. The monoisotopic (exact) mass is 324 g/mol. The molecule has 0 radical (unpaired) electrons. The van der Waals surface area contributed by atoms with Gasteiger partial charge in [-0.05, 0) is 17.7 Å². The fourth-order valence-electron chi connectivity index (χ4n) is 2.22. The Balaban J connectivity index is 1.52.